The quantitative estimate of drug-likeness (QED) is 0.668. The van der Waals surface area contributed by atoms with Crippen LogP contribution in [0.15, 0.2) is 36.4 Å². The predicted octanol–water partition coefficient (Wildman–Crippen LogP) is 3.75. The Morgan fingerprint density at radius 2 is 1.52 bits per heavy atom. The van der Waals surface area contributed by atoms with Crippen LogP contribution in [0, 0.1) is 0 Å². The molecule has 1 unspecified atom stereocenters. The summed E-state index contributed by atoms with van der Waals surface area (Å²) in [5, 5.41) is 8.95. The topological polar surface area (TPSA) is 88.7 Å². The molecule has 2 aromatic carbocycles. The number of carbonyl (C=O) groups is 2. The Bertz CT molecular complexity index is 824. The minimum atomic E-state index is -0.557. The van der Waals surface area contributed by atoms with Crippen LogP contribution in [0.3, 0.4) is 0 Å². The number of halogens is 1. The maximum atomic E-state index is 12.4. The van der Waals surface area contributed by atoms with E-state index in [-0.39, 0.29) is 11.8 Å². The van der Waals surface area contributed by atoms with Crippen molar-refractivity contribution >= 4 is 40.5 Å². The van der Waals surface area contributed by atoms with E-state index in [4.69, 9.17) is 21.1 Å². The van der Waals surface area contributed by atoms with Crippen LogP contribution in [0.1, 0.15) is 13.8 Å². The molecule has 0 aromatic heterocycles. The van der Waals surface area contributed by atoms with Crippen molar-refractivity contribution < 1.29 is 19.1 Å². The largest absolute Gasteiger partial charge is 0.495 e. The molecule has 0 aliphatic carbocycles. The van der Waals surface area contributed by atoms with E-state index in [0.29, 0.717) is 33.6 Å². The molecule has 0 radical (unpaired) electrons. The SMILES string of the molecule is COc1cc(OC)c(NC(C)C(=O)Nc2ccc(NC(C)=O)cc2)cc1Cl. The van der Waals surface area contributed by atoms with Gasteiger partial charge in [0.15, 0.2) is 0 Å². The van der Waals surface area contributed by atoms with Gasteiger partial charge in [-0.25, -0.2) is 0 Å². The van der Waals surface area contributed by atoms with Gasteiger partial charge in [-0.3, -0.25) is 9.59 Å². The Morgan fingerprint density at radius 3 is 2.04 bits per heavy atom. The molecule has 0 bridgehead atoms. The van der Waals surface area contributed by atoms with E-state index in [0.717, 1.165) is 0 Å². The van der Waals surface area contributed by atoms with Crippen LogP contribution in [0.2, 0.25) is 5.02 Å². The molecule has 0 spiro atoms. The molecule has 0 saturated carbocycles. The third-order valence-electron chi connectivity index (χ3n) is 3.71. The van der Waals surface area contributed by atoms with Crippen molar-refractivity contribution in [1.82, 2.24) is 0 Å². The Morgan fingerprint density at radius 1 is 0.963 bits per heavy atom. The number of amides is 2. The van der Waals surface area contributed by atoms with Gasteiger partial charge in [0.2, 0.25) is 11.8 Å². The fourth-order valence-electron chi connectivity index (χ4n) is 2.36. The second-order valence-corrected chi connectivity index (χ2v) is 6.21. The Labute approximate surface area is 163 Å². The minimum Gasteiger partial charge on any atom is -0.495 e. The van der Waals surface area contributed by atoms with Gasteiger partial charge in [0, 0.05) is 24.4 Å². The second-order valence-electron chi connectivity index (χ2n) is 5.80. The zero-order chi connectivity index (χ0) is 20.0. The van der Waals surface area contributed by atoms with E-state index in [1.807, 2.05) is 0 Å². The summed E-state index contributed by atoms with van der Waals surface area (Å²) in [7, 11) is 3.04. The third-order valence-corrected chi connectivity index (χ3v) is 4.01. The molecule has 0 saturated heterocycles. The van der Waals surface area contributed by atoms with E-state index in [2.05, 4.69) is 16.0 Å². The van der Waals surface area contributed by atoms with Gasteiger partial charge in [0.25, 0.3) is 0 Å². The average molecular weight is 392 g/mol. The van der Waals surface area contributed by atoms with E-state index in [1.54, 1.807) is 43.3 Å². The highest BCUT2D eigenvalue weighted by Crippen LogP contribution is 2.36. The summed E-state index contributed by atoms with van der Waals surface area (Å²) in [5.74, 6) is 0.596. The number of hydrogen-bond donors (Lipinski definition) is 3. The first-order chi connectivity index (χ1) is 12.8. The highest BCUT2D eigenvalue weighted by atomic mass is 35.5. The molecule has 1 atom stereocenters. The number of hydrogen-bond acceptors (Lipinski definition) is 5. The number of rotatable bonds is 7. The number of carbonyl (C=O) groups excluding carboxylic acids is 2. The van der Waals surface area contributed by atoms with Crippen LogP contribution < -0.4 is 25.4 Å². The van der Waals surface area contributed by atoms with Crippen molar-refractivity contribution in [1.29, 1.82) is 0 Å². The molecule has 2 aromatic rings. The van der Waals surface area contributed by atoms with Gasteiger partial charge >= 0.3 is 0 Å². The third kappa shape index (κ3) is 5.52. The molecule has 7 nitrogen and oxygen atoms in total. The highest BCUT2D eigenvalue weighted by molar-refractivity contribution is 6.32. The standard InChI is InChI=1S/C19H22ClN3O4/c1-11(21-16-9-15(20)17(26-3)10-18(16)27-4)19(25)23-14-7-5-13(6-8-14)22-12(2)24/h5-11,21H,1-4H3,(H,22,24)(H,23,25). The summed E-state index contributed by atoms with van der Waals surface area (Å²) in [6, 6.07) is 9.57. The molecule has 0 heterocycles. The molecule has 27 heavy (non-hydrogen) atoms. The zero-order valence-corrected chi connectivity index (χ0v) is 16.3. The fraction of sp³-hybridized carbons (Fsp3) is 0.263. The number of nitrogens with one attached hydrogen (secondary N) is 3. The van der Waals surface area contributed by atoms with Crippen LogP contribution >= 0.6 is 11.6 Å². The molecule has 2 amide bonds. The molecule has 0 aliphatic rings. The van der Waals surface area contributed by atoms with Gasteiger partial charge in [0.05, 0.1) is 24.9 Å². The van der Waals surface area contributed by atoms with Crippen molar-refractivity contribution in [3.05, 3.63) is 41.4 Å². The predicted molar refractivity (Wildman–Crippen MR) is 107 cm³/mol. The van der Waals surface area contributed by atoms with Gasteiger partial charge in [-0.05, 0) is 37.3 Å². The normalized spacial score (nSPS) is 11.3. The van der Waals surface area contributed by atoms with Gasteiger partial charge in [-0.15, -0.1) is 0 Å². The summed E-state index contributed by atoms with van der Waals surface area (Å²) in [6.07, 6.45) is 0. The summed E-state index contributed by atoms with van der Waals surface area (Å²) in [5.41, 5.74) is 1.85. The molecule has 0 aliphatic heterocycles. The monoisotopic (exact) mass is 391 g/mol. The lowest BCUT2D eigenvalue weighted by molar-refractivity contribution is -0.116. The van der Waals surface area contributed by atoms with Crippen LogP contribution in [0.25, 0.3) is 0 Å². The molecule has 0 fully saturated rings. The van der Waals surface area contributed by atoms with Crippen molar-refractivity contribution in [3.8, 4) is 11.5 Å². The van der Waals surface area contributed by atoms with Crippen molar-refractivity contribution in [2.75, 3.05) is 30.2 Å². The number of anilines is 3. The summed E-state index contributed by atoms with van der Waals surface area (Å²) in [6.45, 7) is 3.15. The lowest BCUT2D eigenvalue weighted by Gasteiger charge is -2.18. The highest BCUT2D eigenvalue weighted by Gasteiger charge is 2.17. The van der Waals surface area contributed by atoms with Gasteiger partial charge in [-0.2, -0.15) is 0 Å². The van der Waals surface area contributed by atoms with E-state index in [9.17, 15) is 9.59 Å². The van der Waals surface area contributed by atoms with Gasteiger partial charge in [0.1, 0.15) is 17.5 Å². The Kier molecular flexibility index (Phi) is 6.90. The maximum Gasteiger partial charge on any atom is 0.246 e. The summed E-state index contributed by atoms with van der Waals surface area (Å²) in [4.78, 5) is 23.5. The van der Waals surface area contributed by atoms with Crippen molar-refractivity contribution in [2.24, 2.45) is 0 Å². The van der Waals surface area contributed by atoms with E-state index in [1.165, 1.54) is 21.1 Å². The van der Waals surface area contributed by atoms with E-state index < -0.39 is 6.04 Å². The minimum absolute atomic E-state index is 0.156. The lowest BCUT2D eigenvalue weighted by atomic mass is 10.2. The summed E-state index contributed by atoms with van der Waals surface area (Å²) < 4.78 is 10.5. The summed E-state index contributed by atoms with van der Waals surface area (Å²) >= 11 is 6.15. The Balaban J connectivity index is 2.05. The molecule has 3 N–H and O–H groups in total. The fourth-order valence-corrected chi connectivity index (χ4v) is 2.60. The van der Waals surface area contributed by atoms with Crippen LogP contribution in [0.4, 0.5) is 17.1 Å². The first-order valence-corrected chi connectivity index (χ1v) is 8.58. The molecule has 2 rings (SSSR count). The lowest BCUT2D eigenvalue weighted by Crippen LogP contribution is -2.32. The van der Waals surface area contributed by atoms with Crippen LogP contribution in [-0.2, 0) is 9.59 Å². The number of ether oxygens (including phenoxy) is 2. The number of benzene rings is 2. The zero-order valence-electron chi connectivity index (χ0n) is 15.6. The van der Waals surface area contributed by atoms with Crippen molar-refractivity contribution in [3.63, 3.8) is 0 Å². The van der Waals surface area contributed by atoms with Crippen LogP contribution in [-0.4, -0.2) is 32.1 Å². The van der Waals surface area contributed by atoms with Crippen LogP contribution in [0.5, 0.6) is 11.5 Å². The molecule has 144 valence electrons. The number of methoxy groups -OCH3 is 2. The first-order valence-electron chi connectivity index (χ1n) is 8.20. The molecular weight excluding hydrogens is 370 g/mol. The van der Waals surface area contributed by atoms with E-state index >= 15 is 0 Å². The molecule has 8 heteroatoms. The average Bonchev–Trinajstić information content (AvgIpc) is 2.63. The first kappa shape index (κ1) is 20.4. The molecular formula is C19H22ClN3O4. The maximum absolute atomic E-state index is 12.4. The van der Waals surface area contributed by atoms with Gasteiger partial charge in [-0.1, -0.05) is 11.6 Å². The Hall–Kier alpha value is -2.93. The van der Waals surface area contributed by atoms with Gasteiger partial charge < -0.3 is 25.4 Å². The van der Waals surface area contributed by atoms with Crippen molar-refractivity contribution in [2.45, 2.75) is 19.9 Å². The second kappa shape index (κ2) is 9.14. The smallest absolute Gasteiger partial charge is 0.246 e.